The Morgan fingerprint density at radius 3 is 2.88 bits per heavy atom. The summed E-state index contributed by atoms with van der Waals surface area (Å²) in [6.07, 6.45) is 3.64. The van der Waals surface area contributed by atoms with Gasteiger partial charge in [-0.15, -0.1) is 0 Å². The molecule has 16 heavy (non-hydrogen) atoms. The highest BCUT2D eigenvalue weighted by molar-refractivity contribution is 9.10. The first-order valence-corrected chi connectivity index (χ1v) is 5.84. The lowest BCUT2D eigenvalue weighted by atomic mass is 10.1. The van der Waals surface area contributed by atoms with Crippen LogP contribution in [0.25, 0.3) is 0 Å². The number of hydrogen-bond donors (Lipinski definition) is 2. The SMILES string of the molecule is Cc1ccc(C(=O)NC/C=C/CN)c(Br)c1. The van der Waals surface area contributed by atoms with E-state index in [0.717, 1.165) is 10.0 Å². The predicted octanol–water partition coefficient (Wildman–Crippen LogP) is 2.00. The van der Waals surface area contributed by atoms with Crippen LogP contribution in [0.4, 0.5) is 0 Å². The number of carbonyl (C=O) groups excluding carboxylic acids is 1. The third-order valence-electron chi connectivity index (χ3n) is 2.05. The normalized spacial score (nSPS) is 10.7. The first kappa shape index (κ1) is 12.9. The zero-order chi connectivity index (χ0) is 12.0. The molecular weight excluding hydrogens is 268 g/mol. The van der Waals surface area contributed by atoms with Crippen molar-refractivity contribution in [2.45, 2.75) is 6.92 Å². The molecule has 0 unspecified atom stereocenters. The highest BCUT2D eigenvalue weighted by Crippen LogP contribution is 2.17. The number of carbonyl (C=O) groups is 1. The van der Waals surface area contributed by atoms with Crippen molar-refractivity contribution in [3.8, 4) is 0 Å². The summed E-state index contributed by atoms with van der Waals surface area (Å²) in [6, 6.07) is 5.64. The lowest BCUT2D eigenvalue weighted by Crippen LogP contribution is -2.23. The Hall–Kier alpha value is -1.13. The molecule has 1 rings (SSSR count). The van der Waals surface area contributed by atoms with Crippen LogP contribution in [0.2, 0.25) is 0 Å². The van der Waals surface area contributed by atoms with Crippen LogP contribution in [0.1, 0.15) is 15.9 Å². The fourth-order valence-corrected chi connectivity index (χ4v) is 1.90. The van der Waals surface area contributed by atoms with Crippen molar-refractivity contribution in [2.24, 2.45) is 5.73 Å². The van der Waals surface area contributed by atoms with Crippen LogP contribution in [0.5, 0.6) is 0 Å². The highest BCUT2D eigenvalue weighted by Gasteiger charge is 2.08. The van der Waals surface area contributed by atoms with E-state index in [1.54, 1.807) is 6.07 Å². The second kappa shape index (κ2) is 6.45. The number of aryl methyl sites for hydroxylation is 1. The van der Waals surface area contributed by atoms with Gasteiger partial charge in [0.15, 0.2) is 0 Å². The van der Waals surface area contributed by atoms with Crippen molar-refractivity contribution in [3.63, 3.8) is 0 Å². The van der Waals surface area contributed by atoms with E-state index in [9.17, 15) is 4.79 Å². The lowest BCUT2D eigenvalue weighted by Gasteiger charge is -2.05. The van der Waals surface area contributed by atoms with Crippen molar-refractivity contribution in [3.05, 3.63) is 46.0 Å². The van der Waals surface area contributed by atoms with Crippen LogP contribution in [-0.2, 0) is 0 Å². The highest BCUT2D eigenvalue weighted by atomic mass is 79.9. The molecule has 1 aromatic carbocycles. The Bertz CT molecular complexity index is 402. The van der Waals surface area contributed by atoms with E-state index in [1.807, 2.05) is 31.2 Å². The minimum Gasteiger partial charge on any atom is -0.349 e. The average molecular weight is 283 g/mol. The van der Waals surface area contributed by atoms with Gasteiger partial charge >= 0.3 is 0 Å². The molecule has 0 aliphatic carbocycles. The molecule has 0 saturated heterocycles. The number of nitrogens with two attached hydrogens (primary N) is 1. The Kier molecular flexibility index (Phi) is 5.22. The molecule has 0 radical (unpaired) electrons. The molecule has 86 valence electrons. The zero-order valence-corrected chi connectivity index (χ0v) is 10.8. The average Bonchev–Trinajstić information content (AvgIpc) is 2.24. The molecule has 0 aliphatic rings. The molecule has 1 aromatic rings. The van der Waals surface area contributed by atoms with E-state index in [4.69, 9.17) is 5.73 Å². The van der Waals surface area contributed by atoms with Crippen molar-refractivity contribution < 1.29 is 4.79 Å². The molecule has 1 amide bonds. The van der Waals surface area contributed by atoms with Gasteiger partial charge in [0.25, 0.3) is 5.91 Å². The molecule has 0 bridgehead atoms. The maximum absolute atomic E-state index is 11.7. The third-order valence-corrected chi connectivity index (χ3v) is 2.71. The van der Waals surface area contributed by atoms with Crippen LogP contribution in [0, 0.1) is 6.92 Å². The monoisotopic (exact) mass is 282 g/mol. The summed E-state index contributed by atoms with van der Waals surface area (Å²) in [5.74, 6) is -0.0893. The number of amides is 1. The van der Waals surface area contributed by atoms with E-state index < -0.39 is 0 Å². The number of nitrogens with one attached hydrogen (secondary N) is 1. The number of hydrogen-bond acceptors (Lipinski definition) is 2. The van der Waals surface area contributed by atoms with Gasteiger partial charge in [0, 0.05) is 17.6 Å². The molecular formula is C12H15BrN2O. The van der Waals surface area contributed by atoms with Crippen LogP contribution in [0.3, 0.4) is 0 Å². The number of halogens is 1. The van der Waals surface area contributed by atoms with Crippen LogP contribution in [0.15, 0.2) is 34.8 Å². The topological polar surface area (TPSA) is 55.1 Å². The fourth-order valence-electron chi connectivity index (χ4n) is 1.23. The summed E-state index contributed by atoms with van der Waals surface area (Å²) in [6.45, 7) is 2.97. The van der Waals surface area contributed by atoms with Crippen molar-refractivity contribution in [1.82, 2.24) is 5.32 Å². The summed E-state index contributed by atoms with van der Waals surface area (Å²) < 4.78 is 0.813. The Balaban J connectivity index is 2.63. The van der Waals surface area contributed by atoms with Gasteiger partial charge in [-0.1, -0.05) is 18.2 Å². The van der Waals surface area contributed by atoms with Crippen LogP contribution in [-0.4, -0.2) is 19.0 Å². The van der Waals surface area contributed by atoms with Gasteiger partial charge in [0.05, 0.1) is 5.56 Å². The Morgan fingerprint density at radius 2 is 2.25 bits per heavy atom. The minimum atomic E-state index is -0.0893. The summed E-state index contributed by atoms with van der Waals surface area (Å²) in [4.78, 5) is 11.7. The van der Waals surface area contributed by atoms with E-state index >= 15 is 0 Å². The minimum absolute atomic E-state index is 0.0893. The van der Waals surface area contributed by atoms with Crippen molar-refractivity contribution in [2.75, 3.05) is 13.1 Å². The van der Waals surface area contributed by atoms with Gasteiger partial charge in [0.1, 0.15) is 0 Å². The van der Waals surface area contributed by atoms with Gasteiger partial charge in [-0.2, -0.15) is 0 Å². The van der Waals surface area contributed by atoms with E-state index in [2.05, 4.69) is 21.2 Å². The number of benzene rings is 1. The Morgan fingerprint density at radius 1 is 1.50 bits per heavy atom. The van der Waals surface area contributed by atoms with Gasteiger partial charge in [-0.3, -0.25) is 4.79 Å². The van der Waals surface area contributed by atoms with Gasteiger partial charge in [-0.25, -0.2) is 0 Å². The van der Waals surface area contributed by atoms with Crippen LogP contribution >= 0.6 is 15.9 Å². The molecule has 0 heterocycles. The second-order valence-electron chi connectivity index (χ2n) is 3.40. The molecule has 3 nitrogen and oxygen atoms in total. The fraction of sp³-hybridized carbons (Fsp3) is 0.250. The maximum atomic E-state index is 11.7. The maximum Gasteiger partial charge on any atom is 0.252 e. The molecule has 4 heteroatoms. The zero-order valence-electron chi connectivity index (χ0n) is 9.16. The molecule has 0 saturated carbocycles. The summed E-state index contributed by atoms with van der Waals surface area (Å²) >= 11 is 3.37. The molecule has 0 aliphatic heterocycles. The van der Waals surface area contributed by atoms with E-state index in [0.29, 0.717) is 18.7 Å². The summed E-state index contributed by atoms with van der Waals surface area (Å²) in [5, 5.41) is 2.78. The molecule has 0 spiro atoms. The standard InChI is InChI=1S/C12H15BrN2O/c1-9-4-5-10(11(13)8-9)12(16)15-7-3-2-6-14/h2-5,8H,6-7,14H2,1H3,(H,15,16)/b3-2+. The molecule has 0 aromatic heterocycles. The first-order chi connectivity index (χ1) is 7.65. The van der Waals surface area contributed by atoms with Crippen LogP contribution < -0.4 is 11.1 Å². The molecule has 0 atom stereocenters. The molecule has 0 fully saturated rings. The summed E-state index contributed by atoms with van der Waals surface area (Å²) in [7, 11) is 0. The quantitative estimate of drug-likeness (QED) is 0.830. The van der Waals surface area contributed by atoms with Gasteiger partial charge < -0.3 is 11.1 Å². The Labute approximate surface area is 104 Å². The second-order valence-corrected chi connectivity index (χ2v) is 4.25. The van der Waals surface area contributed by atoms with Gasteiger partial charge in [-0.05, 0) is 40.5 Å². The van der Waals surface area contributed by atoms with Crippen molar-refractivity contribution in [1.29, 1.82) is 0 Å². The lowest BCUT2D eigenvalue weighted by molar-refractivity contribution is 0.0957. The van der Waals surface area contributed by atoms with E-state index in [1.165, 1.54) is 0 Å². The van der Waals surface area contributed by atoms with Gasteiger partial charge in [0.2, 0.25) is 0 Å². The molecule has 3 N–H and O–H groups in total. The van der Waals surface area contributed by atoms with E-state index in [-0.39, 0.29) is 5.91 Å². The number of rotatable bonds is 4. The smallest absolute Gasteiger partial charge is 0.252 e. The first-order valence-electron chi connectivity index (χ1n) is 5.04. The predicted molar refractivity (Wildman–Crippen MR) is 69.4 cm³/mol. The summed E-state index contributed by atoms with van der Waals surface area (Å²) in [5.41, 5.74) is 7.05. The third kappa shape index (κ3) is 3.79. The van der Waals surface area contributed by atoms with Crippen molar-refractivity contribution >= 4 is 21.8 Å². The largest absolute Gasteiger partial charge is 0.349 e.